The minimum Gasteiger partial charge on any atom is -0.444 e. The number of ether oxygens (including phenoxy) is 1. The van der Waals surface area contributed by atoms with Crippen molar-refractivity contribution in [2.45, 2.75) is 45.8 Å². The molecule has 0 aliphatic carbocycles. The summed E-state index contributed by atoms with van der Waals surface area (Å²) >= 11 is 0. The van der Waals surface area contributed by atoms with Crippen molar-refractivity contribution < 1.29 is 9.53 Å². The third kappa shape index (κ3) is 4.80. The first-order chi connectivity index (χ1) is 7.92. The van der Waals surface area contributed by atoms with Crippen molar-refractivity contribution in [2.75, 3.05) is 0 Å². The fourth-order valence-electron chi connectivity index (χ4n) is 1.29. The Morgan fingerprint density at radius 2 is 2.00 bits per heavy atom. The van der Waals surface area contributed by atoms with Crippen LogP contribution in [0.5, 0.6) is 0 Å². The summed E-state index contributed by atoms with van der Waals surface area (Å²) in [6.45, 7) is 7.43. The predicted octanol–water partition coefficient (Wildman–Crippen LogP) is 2.45. The molecule has 0 bridgehead atoms. The number of amides is 1. The summed E-state index contributed by atoms with van der Waals surface area (Å²) in [5, 5.41) is 2.75. The molecule has 0 aliphatic heterocycles. The van der Waals surface area contributed by atoms with Crippen LogP contribution in [0.25, 0.3) is 0 Å². The molecule has 1 N–H and O–H groups in total. The maximum Gasteiger partial charge on any atom is 0.408 e. The van der Waals surface area contributed by atoms with E-state index in [0.717, 1.165) is 0 Å². The van der Waals surface area contributed by atoms with E-state index in [0.29, 0.717) is 12.2 Å². The standard InChI is InChI=1S/C12H19N3O2/c1-5-9(10-13-7-6-8-14-10)15-11(16)17-12(2,3)4/h6-9H,5H2,1-4H3,(H,15,16). The van der Waals surface area contributed by atoms with Crippen molar-refractivity contribution in [1.82, 2.24) is 15.3 Å². The predicted molar refractivity (Wildman–Crippen MR) is 64.4 cm³/mol. The SMILES string of the molecule is CCC(NC(=O)OC(C)(C)C)c1ncccn1. The summed E-state index contributed by atoms with van der Waals surface area (Å²) in [6.07, 6.45) is 3.57. The van der Waals surface area contributed by atoms with Gasteiger partial charge in [-0.15, -0.1) is 0 Å². The summed E-state index contributed by atoms with van der Waals surface area (Å²) in [5.41, 5.74) is -0.500. The first-order valence-electron chi connectivity index (χ1n) is 5.69. The minimum absolute atomic E-state index is 0.217. The van der Waals surface area contributed by atoms with Crippen molar-refractivity contribution in [1.29, 1.82) is 0 Å². The van der Waals surface area contributed by atoms with Gasteiger partial charge in [-0.1, -0.05) is 6.92 Å². The fraction of sp³-hybridized carbons (Fsp3) is 0.583. The lowest BCUT2D eigenvalue weighted by atomic mass is 10.2. The highest BCUT2D eigenvalue weighted by Gasteiger charge is 2.20. The molecule has 1 unspecified atom stereocenters. The molecule has 1 amide bonds. The molecule has 0 saturated carbocycles. The number of aromatic nitrogens is 2. The Balaban J connectivity index is 2.62. The Hall–Kier alpha value is -1.65. The Bertz CT molecular complexity index is 360. The van der Waals surface area contributed by atoms with Gasteiger partial charge in [0.05, 0.1) is 6.04 Å². The summed E-state index contributed by atoms with van der Waals surface area (Å²) in [6, 6.07) is 1.52. The zero-order valence-corrected chi connectivity index (χ0v) is 10.7. The number of carbonyl (C=O) groups excluding carboxylic acids is 1. The van der Waals surface area contributed by atoms with Crippen LogP contribution in [-0.2, 0) is 4.74 Å². The van der Waals surface area contributed by atoms with Gasteiger partial charge in [0.25, 0.3) is 0 Å². The van der Waals surface area contributed by atoms with Gasteiger partial charge in [-0.05, 0) is 33.3 Å². The molecule has 0 radical (unpaired) electrons. The number of hydrogen-bond acceptors (Lipinski definition) is 4. The third-order valence-corrected chi connectivity index (χ3v) is 2.00. The fourth-order valence-corrected chi connectivity index (χ4v) is 1.29. The second-order valence-electron chi connectivity index (χ2n) is 4.71. The van der Waals surface area contributed by atoms with E-state index in [1.54, 1.807) is 18.5 Å². The molecular weight excluding hydrogens is 218 g/mol. The van der Waals surface area contributed by atoms with E-state index in [1.807, 2.05) is 27.7 Å². The highest BCUT2D eigenvalue weighted by atomic mass is 16.6. The third-order valence-electron chi connectivity index (χ3n) is 2.00. The van der Waals surface area contributed by atoms with Crippen LogP contribution in [0, 0.1) is 0 Å². The van der Waals surface area contributed by atoms with Crippen molar-refractivity contribution in [3.8, 4) is 0 Å². The Morgan fingerprint density at radius 3 is 2.47 bits per heavy atom. The Kier molecular flexibility index (Phi) is 4.43. The smallest absolute Gasteiger partial charge is 0.408 e. The highest BCUT2D eigenvalue weighted by Crippen LogP contribution is 2.13. The lowest BCUT2D eigenvalue weighted by Crippen LogP contribution is -2.35. The monoisotopic (exact) mass is 237 g/mol. The van der Waals surface area contributed by atoms with Gasteiger partial charge in [0, 0.05) is 12.4 Å². The molecular formula is C12H19N3O2. The summed E-state index contributed by atoms with van der Waals surface area (Å²) in [5.74, 6) is 0.598. The normalized spacial score (nSPS) is 12.9. The second kappa shape index (κ2) is 5.61. The average Bonchev–Trinajstić information content (AvgIpc) is 2.24. The lowest BCUT2D eigenvalue weighted by Gasteiger charge is -2.22. The quantitative estimate of drug-likeness (QED) is 0.877. The van der Waals surface area contributed by atoms with Gasteiger partial charge in [0.1, 0.15) is 5.60 Å². The molecule has 1 atom stereocenters. The van der Waals surface area contributed by atoms with Gasteiger partial charge >= 0.3 is 6.09 Å². The second-order valence-corrected chi connectivity index (χ2v) is 4.71. The largest absolute Gasteiger partial charge is 0.444 e. The first-order valence-corrected chi connectivity index (χ1v) is 5.69. The van der Waals surface area contributed by atoms with Gasteiger partial charge in [-0.25, -0.2) is 14.8 Å². The maximum absolute atomic E-state index is 11.6. The number of rotatable bonds is 3. The van der Waals surface area contributed by atoms with Crippen molar-refractivity contribution >= 4 is 6.09 Å². The molecule has 0 aliphatic rings. The summed E-state index contributed by atoms with van der Waals surface area (Å²) in [4.78, 5) is 19.8. The van der Waals surface area contributed by atoms with Crippen LogP contribution in [0.2, 0.25) is 0 Å². The van der Waals surface area contributed by atoms with Crippen LogP contribution in [0.3, 0.4) is 0 Å². The molecule has 1 rings (SSSR count). The molecule has 5 heteroatoms. The minimum atomic E-state index is -0.500. The van der Waals surface area contributed by atoms with E-state index in [9.17, 15) is 4.79 Å². The maximum atomic E-state index is 11.6. The van der Waals surface area contributed by atoms with Crippen molar-refractivity contribution in [3.63, 3.8) is 0 Å². The van der Waals surface area contributed by atoms with Gasteiger partial charge in [-0.2, -0.15) is 0 Å². The van der Waals surface area contributed by atoms with E-state index >= 15 is 0 Å². The molecule has 17 heavy (non-hydrogen) atoms. The van der Waals surface area contributed by atoms with Crippen LogP contribution >= 0.6 is 0 Å². The number of hydrogen-bond donors (Lipinski definition) is 1. The molecule has 1 aromatic rings. The zero-order valence-electron chi connectivity index (χ0n) is 10.7. The van der Waals surface area contributed by atoms with Crippen LogP contribution in [-0.4, -0.2) is 21.7 Å². The number of alkyl carbamates (subject to hydrolysis) is 1. The Morgan fingerprint density at radius 1 is 1.41 bits per heavy atom. The summed E-state index contributed by atoms with van der Waals surface area (Å²) in [7, 11) is 0. The van der Waals surface area contributed by atoms with E-state index in [2.05, 4.69) is 15.3 Å². The molecule has 0 fully saturated rings. The number of nitrogens with zero attached hydrogens (tertiary/aromatic N) is 2. The summed E-state index contributed by atoms with van der Waals surface area (Å²) < 4.78 is 5.19. The highest BCUT2D eigenvalue weighted by molar-refractivity contribution is 5.68. The first kappa shape index (κ1) is 13.4. The van der Waals surface area contributed by atoms with Crippen LogP contribution in [0.4, 0.5) is 4.79 Å². The molecule has 0 saturated heterocycles. The van der Waals surface area contributed by atoms with E-state index in [-0.39, 0.29) is 6.04 Å². The topological polar surface area (TPSA) is 64.1 Å². The average molecular weight is 237 g/mol. The van der Waals surface area contributed by atoms with Crippen LogP contribution in [0.15, 0.2) is 18.5 Å². The van der Waals surface area contributed by atoms with Gasteiger partial charge in [-0.3, -0.25) is 0 Å². The Labute approximate surface area is 102 Å². The van der Waals surface area contributed by atoms with E-state index in [4.69, 9.17) is 4.74 Å². The molecule has 1 aromatic heterocycles. The van der Waals surface area contributed by atoms with E-state index in [1.165, 1.54) is 0 Å². The number of nitrogens with one attached hydrogen (secondary N) is 1. The van der Waals surface area contributed by atoms with E-state index < -0.39 is 11.7 Å². The molecule has 5 nitrogen and oxygen atoms in total. The van der Waals surface area contributed by atoms with Crippen LogP contribution < -0.4 is 5.32 Å². The van der Waals surface area contributed by atoms with Gasteiger partial charge in [0.2, 0.25) is 0 Å². The van der Waals surface area contributed by atoms with Crippen molar-refractivity contribution in [3.05, 3.63) is 24.3 Å². The van der Waals surface area contributed by atoms with Crippen molar-refractivity contribution in [2.24, 2.45) is 0 Å². The van der Waals surface area contributed by atoms with Gasteiger partial charge in [0.15, 0.2) is 5.82 Å². The molecule has 1 heterocycles. The molecule has 0 aromatic carbocycles. The van der Waals surface area contributed by atoms with Gasteiger partial charge < -0.3 is 10.1 Å². The molecule has 0 spiro atoms. The van der Waals surface area contributed by atoms with Crippen LogP contribution in [0.1, 0.15) is 46.0 Å². The zero-order chi connectivity index (χ0) is 12.9. The lowest BCUT2D eigenvalue weighted by molar-refractivity contribution is 0.0500. The molecule has 94 valence electrons. The number of carbonyl (C=O) groups is 1.